The molecule has 1 fully saturated rings. The Morgan fingerprint density at radius 2 is 2.12 bits per heavy atom. The summed E-state index contributed by atoms with van der Waals surface area (Å²) < 4.78 is 0. The zero-order chi connectivity index (χ0) is 13.0. The molecular formula is C11H21N3O3. The number of nitrogens with one attached hydrogen (secondary N) is 1. The Kier molecular flexibility index (Phi) is 4.74. The van der Waals surface area contributed by atoms with Gasteiger partial charge in [-0.05, 0) is 20.4 Å². The van der Waals surface area contributed by atoms with E-state index in [1.165, 1.54) is 6.92 Å². The lowest BCUT2D eigenvalue weighted by Crippen LogP contribution is -2.57. The first kappa shape index (κ1) is 13.8. The van der Waals surface area contributed by atoms with Gasteiger partial charge in [-0.25, -0.2) is 4.79 Å². The number of nitrogens with zero attached hydrogens (tertiary/aromatic N) is 2. The lowest BCUT2D eigenvalue weighted by atomic mass is 10.2. The highest BCUT2D eigenvalue weighted by atomic mass is 16.4. The molecule has 6 nitrogen and oxygen atoms in total. The first-order chi connectivity index (χ1) is 7.95. The number of amides is 2. The van der Waals surface area contributed by atoms with Crippen LogP contribution in [0.1, 0.15) is 20.8 Å². The third-order valence-electron chi connectivity index (χ3n) is 3.17. The SMILES string of the molecule is CCN1CCN(C(=O)N[C@H](C)C(=O)O)CC1C. The van der Waals surface area contributed by atoms with Crippen molar-refractivity contribution >= 4 is 12.0 Å². The number of rotatable bonds is 3. The minimum Gasteiger partial charge on any atom is -0.480 e. The highest BCUT2D eigenvalue weighted by Gasteiger charge is 2.27. The molecule has 1 heterocycles. The van der Waals surface area contributed by atoms with E-state index < -0.39 is 12.0 Å². The molecule has 0 radical (unpaired) electrons. The summed E-state index contributed by atoms with van der Waals surface area (Å²) in [6.07, 6.45) is 0. The number of likely N-dealkylation sites (N-methyl/N-ethyl adjacent to an activating group) is 1. The van der Waals surface area contributed by atoms with Crippen molar-refractivity contribution in [3.05, 3.63) is 0 Å². The normalized spacial score (nSPS) is 23.2. The van der Waals surface area contributed by atoms with Crippen molar-refractivity contribution in [2.24, 2.45) is 0 Å². The molecule has 1 unspecified atom stereocenters. The number of urea groups is 1. The molecule has 1 aliphatic heterocycles. The minimum atomic E-state index is -1.02. The fourth-order valence-electron chi connectivity index (χ4n) is 1.99. The highest BCUT2D eigenvalue weighted by Crippen LogP contribution is 2.08. The monoisotopic (exact) mass is 243 g/mol. The topological polar surface area (TPSA) is 72.9 Å². The quantitative estimate of drug-likeness (QED) is 0.742. The lowest BCUT2D eigenvalue weighted by Gasteiger charge is -2.39. The Bertz CT molecular complexity index is 296. The summed E-state index contributed by atoms with van der Waals surface area (Å²) in [7, 11) is 0. The van der Waals surface area contributed by atoms with Gasteiger partial charge in [-0.15, -0.1) is 0 Å². The second-order valence-electron chi connectivity index (χ2n) is 4.43. The molecular weight excluding hydrogens is 222 g/mol. The molecule has 98 valence electrons. The van der Waals surface area contributed by atoms with Crippen LogP contribution in [-0.4, -0.2) is 65.2 Å². The summed E-state index contributed by atoms with van der Waals surface area (Å²) in [5.74, 6) is -1.02. The van der Waals surface area contributed by atoms with E-state index in [9.17, 15) is 9.59 Å². The first-order valence-corrected chi connectivity index (χ1v) is 5.98. The molecule has 1 saturated heterocycles. The molecule has 0 aromatic rings. The zero-order valence-corrected chi connectivity index (χ0v) is 10.6. The fraction of sp³-hybridized carbons (Fsp3) is 0.818. The summed E-state index contributed by atoms with van der Waals surface area (Å²) in [6, 6.07) is -0.816. The van der Waals surface area contributed by atoms with E-state index in [-0.39, 0.29) is 6.03 Å². The van der Waals surface area contributed by atoms with Crippen molar-refractivity contribution in [3.63, 3.8) is 0 Å². The molecule has 0 aromatic carbocycles. The van der Waals surface area contributed by atoms with Crippen molar-refractivity contribution in [1.82, 2.24) is 15.1 Å². The van der Waals surface area contributed by atoms with Gasteiger partial charge in [0.15, 0.2) is 0 Å². The van der Waals surface area contributed by atoms with Gasteiger partial charge >= 0.3 is 12.0 Å². The maximum Gasteiger partial charge on any atom is 0.325 e. The molecule has 0 saturated carbocycles. The number of carbonyl (C=O) groups is 2. The molecule has 1 rings (SSSR count). The highest BCUT2D eigenvalue weighted by molar-refractivity contribution is 5.82. The summed E-state index contributed by atoms with van der Waals surface area (Å²) in [6.45, 7) is 8.74. The Hall–Kier alpha value is -1.30. The molecule has 0 bridgehead atoms. The number of carboxylic acids is 1. The number of aliphatic carboxylic acids is 1. The van der Waals surface area contributed by atoms with Crippen LogP contribution in [0.25, 0.3) is 0 Å². The van der Waals surface area contributed by atoms with Crippen LogP contribution in [0, 0.1) is 0 Å². The van der Waals surface area contributed by atoms with Crippen LogP contribution in [0.3, 0.4) is 0 Å². The Balaban J connectivity index is 2.47. The van der Waals surface area contributed by atoms with Crippen molar-refractivity contribution in [2.45, 2.75) is 32.9 Å². The molecule has 0 spiro atoms. The van der Waals surface area contributed by atoms with E-state index in [4.69, 9.17) is 5.11 Å². The van der Waals surface area contributed by atoms with E-state index >= 15 is 0 Å². The van der Waals surface area contributed by atoms with Gasteiger partial charge in [0.05, 0.1) is 0 Å². The van der Waals surface area contributed by atoms with E-state index in [1.54, 1.807) is 4.90 Å². The van der Waals surface area contributed by atoms with Crippen LogP contribution < -0.4 is 5.32 Å². The van der Waals surface area contributed by atoms with Gasteiger partial charge in [-0.2, -0.15) is 0 Å². The number of piperazine rings is 1. The number of carbonyl (C=O) groups excluding carboxylic acids is 1. The summed E-state index contributed by atoms with van der Waals surface area (Å²) >= 11 is 0. The molecule has 17 heavy (non-hydrogen) atoms. The van der Waals surface area contributed by atoms with Crippen LogP contribution in [0.5, 0.6) is 0 Å². The summed E-state index contributed by atoms with van der Waals surface area (Å²) in [5, 5.41) is 11.2. The van der Waals surface area contributed by atoms with E-state index in [2.05, 4.69) is 24.1 Å². The van der Waals surface area contributed by atoms with Gasteiger partial charge in [-0.1, -0.05) is 6.92 Å². The van der Waals surface area contributed by atoms with Crippen molar-refractivity contribution in [3.8, 4) is 0 Å². The van der Waals surface area contributed by atoms with Gasteiger partial charge in [-0.3, -0.25) is 9.69 Å². The standard InChI is InChI=1S/C11H21N3O3/c1-4-13-5-6-14(7-8(13)2)11(17)12-9(3)10(15)16/h8-9H,4-7H2,1-3H3,(H,12,17)(H,15,16)/t8?,9-/m1/s1. The van der Waals surface area contributed by atoms with Crippen LogP contribution in [0.2, 0.25) is 0 Å². The Labute approximate surface area is 102 Å². The molecule has 1 aliphatic rings. The van der Waals surface area contributed by atoms with Crippen molar-refractivity contribution in [2.75, 3.05) is 26.2 Å². The van der Waals surface area contributed by atoms with E-state index in [1.807, 2.05) is 0 Å². The summed E-state index contributed by atoms with van der Waals surface area (Å²) in [4.78, 5) is 26.4. The predicted octanol–water partition coefficient (Wildman–Crippen LogP) is 0.195. The van der Waals surface area contributed by atoms with Crippen molar-refractivity contribution in [1.29, 1.82) is 0 Å². The molecule has 0 aliphatic carbocycles. The molecule has 0 aromatic heterocycles. The Morgan fingerprint density at radius 3 is 2.59 bits per heavy atom. The summed E-state index contributed by atoms with van der Waals surface area (Å²) in [5.41, 5.74) is 0. The number of hydrogen-bond acceptors (Lipinski definition) is 3. The van der Waals surface area contributed by atoms with Crippen LogP contribution in [0.4, 0.5) is 4.79 Å². The second-order valence-corrected chi connectivity index (χ2v) is 4.43. The first-order valence-electron chi connectivity index (χ1n) is 5.98. The van der Waals surface area contributed by atoms with Crippen molar-refractivity contribution < 1.29 is 14.7 Å². The largest absolute Gasteiger partial charge is 0.480 e. The van der Waals surface area contributed by atoms with Crippen LogP contribution in [0.15, 0.2) is 0 Å². The maximum atomic E-state index is 11.8. The molecule has 2 atom stereocenters. The average molecular weight is 243 g/mol. The minimum absolute atomic E-state index is 0.289. The van der Waals surface area contributed by atoms with Crippen LogP contribution in [-0.2, 0) is 4.79 Å². The third kappa shape index (κ3) is 3.59. The van der Waals surface area contributed by atoms with E-state index in [0.29, 0.717) is 19.1 Å². The molecule has 2 amide bonds. The van der Waals surface area contributed by atoms with Gasteiger partial charge in [0, 0.05) is 25.7 Å². The van der Waals surface area contributed by atoms with Gasteiger partial charge in [0.25, 0.3) is 0 Å². The number of hydrogen-bond donors (Lipinski definition) is 2. The van der Waals surface area contributed by atoms with Gasteiger partial charge < -0.3 is 15.3 Å². The molecule has 6 heteroatoms. The van der Waals surface area contributed by atoms with Gasteiger partial charge in [0.2, 0.25) is 0 Å². The van der Waals surface area contributed by atoms with Gasteiger partial charge in [0.1, 0.15) is 6.04 Å². The third-order valence-corrected chi connectivity index (χ3v) is 3.17. The maximum absolute atomic E-state index is 11.8. The second kappa shape index (κ2) is 5.86. The van der Waals surface area contributed by atoms with E-state index in [0.717, 1.165) is 13.1 Å². The average Bonchev–Trinajstić information content (AvgIpc) is 2.28. The fourth-order valence-corrected chi connectivity index (χ4v) is 1.99. The smallest absolute Gasteiger partial charge is 0.325 e. The number of carboxylic acid groups (broad SMARTS) is 1. The predicted molar refractivity (Wildman–Crippen MR) is 63.9 cm³/mol. The molecule has 2 N–H and O–H groups in total. The van der Waals surface area contributed by atoms with Crippen LogP contribution >= 0.6 is 0 Å². The Morgan fingerprint density at radius 1 is 1.47 bits per heavy atom. The lowest BCUT2D eigenvalue weighted by molar-refractivity contribution is -0.138. The zero-order valence-electron chi connectivity index (χ0n) is 10.6.